The molecular formula is C12H27OSi. The Balaban J connectivity index is 3.67. The van der Waals surface area contributed by atoms with E-state index in [-0.39, 0.29) is 0 Å². The predicted octanol–water partition coefficient (Wildman–Crippen LogP) is 4.40. The molecule has 0 fully saturated rings. The molecule has 0 aromatic rings. The molecule has 0 aliphatic rings. The summed E-state index contributed by atoms with van der Waals surface area (Å²) >= 11 is 0. The summed E-state index contributed by atoms with van der Waals surface area (Å²) in [6.07, 6.45) is 5.89. The summed E-state index contributed by atoms with van der Waals surface area (Å²) in [7, 11) is -1.48. The Labute approximate surface area is 91.4 Å². The van der Waals surface area contributed by atoms with Crippen molar-refractivity contribution < 1.29 is 4.43 Å². The first-order valence-electron chi connectivity index (χ1n) is 5.77. The minimum Gasteiger partial charge on any atom is -0.417 e. The van der Waals surface area contributed by atoms with Gasteiger partial charge in [-0.3, -0.25) is 0 Å². The first kappa shape index (κ1) is 14.2. The molecular weight excluding hydrogens is 188 g/mol. The van der Waals surface area contributed by atoms with Gasteiger partial charge in [0, 0.05) is 6.61 Å². The molecule has 0 saturated carbocycles. The third-order valence-electron chi connectivity index (χ3n) is 3.11. The van der Waals surface area contributed by atoms with Gasteiger partial charge in [0.25, 0.3) is 0 Å². The van der Waals surface area contributed by atoms with Gasteiger partial charge in [-0.1, -0.05) is 34.1 Å². The Hall–Kier alpha value is 0.177. The zero-order chi connectivity index (χ0) is 11.2. The topological polar surface area (TPSA) is 9.23 Å². The molecule has 1 nitrogen and oxygen atoms in total. The Morgan fingerprint density at radius 2 is 1.79 bits per heavy atom. The predicted molar refractivity (Wildman–Crippen MR) is 67.0 cm³/mol. The van der Waals surface area contributed by atoms with Crippen molar-refractivity contribution in [3.8, 4) is 0 Å². The Kier molecular flexibility index (Phi) is 5.99. The Morgan fingerprint density at radius 3 is 2.21 bits per heavy atom. The molecule has 2 heteroatoms. The van der Waals surface area contributed by atoms with E-state index in [4.69, 9.17) is 4.43 Å². The highest BCUT2D eigenvalue weighted by Gasteiger charge is 2.36. The summed E-state index contributed by atoms with van der Waals surface area (Å²) in [6, 6.07) is 0. The maximum Gasteiger partial charge on any atom is 0.191 e. The van der Waals surface area contributed by atoms with Gasteiger partial charge >= 0.3 is 0 Å². The van der Waals surface area contributed by atoms with Crippen LogP contribution in [0.5, 0.6) is 0 Å². The molecule has 0 atom stereocenters. The molecule has 0 N–H and O–H groups in total. The van der Waals surface area contributed by atoms with Crippen molar-refractivity contribution in [3.05, 3.63) is 6.42 Å². The normalized spacial score (nSPS) is 13.3. The van der Waals surface area contributed by atoms with E-state index in [1.54, 1.807) is 0 Å². The molecule has 0 unspecified atom stereocenters. The third-order valence-corrected chi connectivity index (χ3v) is 7.65. The summed E-state index contributed by atoms with van der Waals surface area (Å²) in [5.41, 5.74) is 0. The number of rotatable bonds is 6. The minimum absolute atomic E-state index is 0.349. The van der Waals surface area contributed by atoms with Gasteiger partial charge in [0.1, 0.15) is 0 Å². The summed E-state index contributed by atoms with van der Waals surface area (Å²) in [5.74, 6) is 0. The van der Waals surface area contributed by atoms with Gasteiger partial charge < -0.3 is 4.43 Å². The summed E-state index contributed by atoms with van der Waals surface area (Å²) in [4.78, 5) is 0. The highest BCUT2D eigenvalue weighted by Crippen LogP contribution is 2.36. The van der Waals surface area contributed by atoms with Crippen LogP contribution in [-0.4, -0.2) is 14.9 Å². The standard InChI is InChI=1S/C12H27OSi/c1-7-8-9-10-11-13-14(5,6)12(2,3)4/h8H,7,9-11H2,1-6H3. The van der Waals surface area contributed by atoms with Crippen LogP contribution >= 0.6 is 0 Å². The van der Waals surface area contributed by atoms with E-state index in [0.717, 1.165) is 6.61 Å². The number of hydrogen-bond acceptors (Lipinski definition) is 1. The fraction of sp³-hybridized carbons (Fsp3) is 0.917. The van der Waals surface area contributed by atoms with Gasteiger partial charge in [-0.2, -0.15) is 0 Å². The fourth-order valence-electron chi connectivity index (χ4n) is 0.976. The molecule has 85 valence electrons. The Bertz CT molecular complexity index is 147. The Morgan fingerprint density at radius 1 is 1.21 bits per heavy atom. The quantitative estimate of drug-likeness (QED) is 0.471. The fourth-order valence-corrected chi connectivity index (χ4v) is 2.06. The molecule has 0 aliphatic carbocycles. The molecule has 0 heterocycles. The lowest BCUT2D eigenvalue weighted by Crippen LogP contribution is -2.40. The minimum atomic E-state index is -1.48. The molecule has 0 amide bonds. The third kappa shape index (κ3) is 5.16. The first-order chi connectivity index (χ1) is 6.31. The SMILES string of the molecule is CC[CH]CCCO[Si](C)(C)C(C)(C)C. The second kappa shape index (κ2) is 5.91. The lowest BCUT2D eigenvalue weighted by Gasteiger charge is -2.36. The van der Waals surface area contributed by atoms with Crippen LogP contribution in [0.1, 0.15) is 47.0 Å². The monoisotopic (exact) mass is 215 g/mol. The molecule has 1 radical (unpaired) electrons. The summed E-state index contributed by atoms with van der Waals surface area (Å²) in [5, 5.41) is 0.349. The van der Waals surface area contributed by atoms with E-state index >= 15 is 0 Å². The highest BCUT2D eigenvalue weighted by molar-refractivity contribution is 6.74. The number of unbranched alkanes of at least 4 members (excludes halogenated alkanes) is 3. The van der Waals surface area contributed by atoms with Crippen LogP contribution in [0, 0.1) is 6.42 Å². The summed E-state index contributed by atoms with van der Waals surface area (Å²) in [6.45, 7) is 14.6. The van der Waals surface area contributed by atoms with Crippen molar-refractivity contribution in [1.29, 1.82) is 0 Å². The molecule has 14 heavy (non-hydrogen) atoms. The maximum atomic E-state index is 6.06. The maximum absolute atomic E-state index is 6.06. The van der Waals surface area contributed by atoms with Crippen molar-refractivity contribution in [2.45, 2.75) is 65.1 Å². The molecule has 0 saturated heterocycles. The van der Waals surface area contributed by atoms with E-state index in [1.807, 2.05) is 0 Å². The molecule has 0 aliphatic heterocycles. The van der Waals surface area contributed by atoms with Gasteiger partial charge in [-0.15, -0.1) is 0 Å². The van der Waals surface area contributed by atoms with Crippen molar-refractivity contribution in [2.24, 2.45) is 0 Å². The average Bonchev–Trinajstić information content (AvgIpc) is 2.02. The van der Waals surface area contributed by atoms with Crippen molar-refractivity contribution in [3.63, 3.8) is 0 Å². The van der Waals surface area contributed by atoms with Crippen LogP contribution in [-0.2, 0) is 4.43 Å². The van der Waals surface area contributed by atoms with Crippen LogP contribution in [0.4, 0.5) is 0 Å². The molecule has 0 aromatic heterocycles. The second-order valence-corrected chi connectivity index (χ2v) is 10.3. The van der Waals surface area contributed by atoms with Crippen LogP contribution in [0.25, 0.3) is 0 Å². The second-order valence-electron chi connectivity index (χ2n) is 5.45. The first-order valence-corrected chi connectivity index (χ1v) is 8.67. The molecule has 0 aromatic carbocycles. The van der Waals surface area contributed by atoms with Gasteiger partial charge in [0.05, 0.1) is 0 Å². The van der Waals surface area contributed by atoms with Gasteiger partial charge in [-0.25, -0.2) is 0 Å². The van der Waals surface area contributed by atoms with E-state index in [2.05, 4.69) is 47.2 Å². The average molecular weight is 215 g/mol. The van der Waals surface area contributed by atoms with Crippen molar-refractivity contribution >= 4 is 8.32 Å². The van der Waals surface area contributed by atoms with Crippen LogP contribution in [0.15, 0.2) is 0 Å². The van der Waals surface area contributed by atoms with Gasteiger partial charge in [0.2, 0.25) is 0 Å². The van der Waals surface area contributed by atoms with Crippen LogP contribution in [0.2, 0.25) is 18.1 Å². The highest BCUT2D eigenvalue weighted by atomic mass is 28.4. The van der Waals surface area contributed by atoms with Crippen molar-refractivity contribution in [2.75, 3.05) is 6.61 Å². The van der Waals surface area contributed by atoms with E-state index in [9.17, 15) is 0 Å². The largest absolute Gasteiger partial charge is 0.417 e. The van der Waals surface area contributed by atoms with Crippen LogP contribution < -0.4 is 0 Å². The lowest BCUT2D eigenvalue weighted by molar-refractivity contribution is 0.282. The van der Waals surface area contributed by atoms with Gasteiger partial charge in [0.15, 0.2) is 8.32 Å². The smallest absolute Gasteiger partial charge is 0.191 e. The van der Waals surface area contributed by atoms with Crippen molar-refractivity contribution in [1.82, 2.24) is 0 Å². The van der Waals surface area contributed by atoms with E-state index in [1.165, 1.54) is 19.3 Å². The van der Waals surface area contributed by atoms with Crippen LogP contribution in [0.3, 0.4) is 0 Å². The summed E-state index contributed by atoms with van der Waals surface area (Å²) < 4.78 is 6.06. The zero-order valence-corrected chi connectivity index (χ0v) is 11.8. The lowest BCUT2D eigenvalue weighted by atomic mass is 10.2. The molecule has 0 rings (SSSR count). The zero-order valence-electron chi connectivity index (χ0n) is 10.8. The van der Waals surface area contributed by atoms with E-state index in [0.29, 0.717) is 5.04 Å². The number of hydrogen-bond donors (Lipinski definition) is 0. The molecule has 0 bridgehead atoms. The van der Waals surface area contributed by atoms with Gasteiger partial charge in [-0.05, 0) is 37.4 Å². The van der Waals surface area contributed by atoms with E-state index < -0.39 is 8.32 Å². The molecule has 0 spiro atoms.